The Morgan fingerprint density at radius 3 is 2.52 bits per heavy atom. The first-order valence-electron chi connectivity index (χ1n) is 8.05. The molecule has 1 heterocycles. The van der Waals surface area contributed by atoms with E-state index in [2.05, 4.69) is 34.4 Å². The van der Waals surface area contributed by atoms with E-state index in [1.165, 1.54) is 0 Å². The Hall–Kier alpha value is -0.850. The van der Waals surface area contributed by atoms with Crippen LogP contribution in [0.25, 0.3) is 0 Å². The molecular formula is C15H32N4O2. The number of aliphatic imine (C=N–C) groups is 1. The topological polar surface area (TPSA) is 58.1 Å². The van der Waals surface area contributed by atoms with Crippen LogP contribution < -0.4 is 10.6 Å². The average Bonchev–Trinajstić information content (AvgIpc) is 2.44. The zero-order valence-corrected chi connectivity index (χ0v) is 14.0. The van der Waals surface area contributed by atoms with Crippen LogP contribution in [0, 0.1) is 0 Å². The molecule has 0 aromatic heterocycles. The molecule has 0 aromatic carbocycles. The highest BCUT2D eigenvalue weighted by Gasteiger charge is 2.21. The van der Waals surface area contributed by atoms with Crippen molar-refractivity contribution in [1.82, 2.24) is 15.5 Å². The highest BCUT2D eigenvalue weighted by atomic mass is 16.5. The fourth-order valence-corrected chi connectivity index (χ4v) is 2.58. The Bertz CT molecular complexity index is 289. The minimum atomic E-state index is 0.342. The molecule has 2 N–H and O–H groups in total. The van der Waals surface area contributed by atoms with Crippen LogP contribution in [0.4, 0.5) is 0 Å². The van der Waals surface area contributed by atoms with E-state index < -0.39 is 0 Å². The first-order valence-corrected chi connectivity index (χ1v) is 8.05. The third-order valence-corrected chi connectivity index (χ3v) is 3.41. The second kappa shape index (κ2) is 10.8. The molecule has 1 aliphatic heterocycles. The zero-order chi connectivity index (χ0) is 15.5. The maximum Gasteiger partial charge on any atom is 0.191 e. The highest BCUT2D eigenvalue weighted by molar-refractivity contribution is 5.79. The number of rotatable bonds is 8. The third kappa shape index (κ3) is 8.24. The van der Waals surface area contributed by atoms with E-state index in [1.54, 1.807) is 7.05 Å². The van der Waals surface area contributed by atoms with Gasteiger partial charge in [-0.05, 0) is 27.2 Å². The van der Waals surface area contributed by atoms with Crippen LogP contribution >= 0.6 is 0 Å². The molecule has 21 heavy (non-hydrogen) atoms. The van der Waals surface area contributed by atoms with Crippen molar-refractivity contribution < 1.29 is 9.47 Å². The van der Waals surface area contributed by atoms with Gasteiger partial charge >= 0.3 is 0 Å². The van der Waals surface area contributed by atoms with Gasteiger partial charge in [-0.1, -0.05) is 0 Å². The molecule has 0 bridgehead atoms. The molecule has 6 heteroatoms. The number of hydrogen-bond acceptors (Lipinski definition) is 4. The Morgan fingerprint density at radius 2 is 1.90 bits per heavy atom. The molecule has 124 valence electrons. The van der Waals surface area contributed by atoms with Crippen molar-refractivity contribution in [2.45, 2.75) is 39.4 Å². The lowest BCUT2D eigenvalue weighted by molar-refractivity contribution is -0.0679. The summed E-state index contributed by atoms with van der Waals surface area (Å²) in [5.74, 6) is 0.846. The van der Waals surface area contributed by atoms with Crippen LogP contribution in [0.3, 0.4) is 0 Å². The Labute approximate surface area is 129 Å². The number of hydrogen-bond donors (Lipinski definition) is 2. The van der Waals surface area contributed by atoms with E-state index >= 15 is 0 Å². The summed E-state index contributed by atoms with van der Waals surface area (Å²) in [4.78, 5) is 6.68. The van der Waals surface area contributed by atoms with Gasteiger partial charge in [-0.2, -0.15) is 0 Å². The Morgan fingerprint density at radius 1 is 1.24 bits per heavy atom. The number of morpholine rings is 1. The molecule has 0 radical (unpaired) electrons. The summed E-state index contributed by atoms with van der Waals surface area (Å²) in [6, 6.07) is 0. The molecule has 0 aromatic rings. The highest BCUT2D eigenvalue weighted by Crippen LogP contribution is 2.10. The van der Waals surface area contributed by atoms with Gasteiger partial charge in [-0.3, -0.25) is 9.89 Å². The van der Waals surface area contributed by atoms with Crippen molar-refractivity contribution in [3.05, 3.63) is 0 Å². The summed E-state index contributed by atoms with van der Waals surface area (Å²) in [6.07, 6.45) is 1.79. The fourth-order valence-electron chi connectivity index (χ4n) is 2.58. The van der Waals surface area contributed by atoms with Gasteiger partial charge in [0.1, 0.15) is 0 Å². The van der Waals surface area contributed by atoms with Gasteiger partial charge < -0.3 is 20.1 Å². The Kier molecular flexibility index (Phi) is 9.37. The summed E-state index contributed by atoms with van der Waals surface area (Å²) in [7, 11) is 1.79. The predicted molar refractivity (Wildman–Crippen MR) is 86.9 cm³/mol. The zero-order valence-electron chi connectivity index (χ0n) is 14.0. The van der Waals surface area contributed by atoms with E-state index in [0.717, 1.165) is 51.7 Å². The summed E-state index contributed by atoms with van der Waals surface area (Å²) in [5, 5.41) is 6.57. The second-order valence-electron chi connectivity index (χ2n) is 5.49. The molecule has 2 atom stereocenters. The van der Waals surface area contributed by atoms with E-state index in [-0.39, 0.29) is 0 Å². The fraction of sp³-hybridized carbons (Fsp3) is 0.933. The van der Waals surface area contributed by atoms with Crippen LogP contribution in [0.2, 0.25) is 0 Å². The summed E-state index contributed by atoms with van der Waals surface area (Å²) >= 11 is 0. The van der Waals surface area contributed by atoms with Crippen molar-refractivity contribution in [1.29, 1.82) is 0 Å². The second-order valence-corrected chi connectivity index (χ2v) is 5.49. The lowest BCUT2D eigenvalue weighted by Crippen LogP contribution is -2.46. The largest absolute Gasteiger partial charge is 0.380 e. The molecular weight excluding hydrogens is 268 g/mol. The number of nitrogens with one attached hydrogen (secondary N) is 2. The molecule has 0 saturated carbocycles. The van der Waals surface area contributed by atoms with Gasteiger partial charge in [-0.25, -0.2) is 0 Å². The molecule has 0 spiro atoms. The minimum absolute atomic E-state index is 0.342. The SMILES string of the molecule is CCOCCNC(=NC)NCCCN1CC(C)OC(C)C1. The molecule has 2 unspecified atom stereocenters. The maximum absolute atomic E-state index is 5.74. The molecule has 0 amide bonds. The maximum atomic E-state index is 5.74. The standard InChI is InChI=1S/C15H32N4O2/c1-5-20-10-8-18-15(16-4)17-7-6-9-19-11-13(2)21-14(3)12-19/h13-14H,5-12H2,1-4H3,(H2,16,17,18). The lowest BCUT2D eigenvalue weighted by atomic mass is 10.2. The number of ether oxygens (including phenoxy) is 2. The van der Waals surface area contributed by atoms with Crippen molar-refractivity contribution >= 4 is 5.96 Å². The van der Waals surface area contributed by atoms with E-state index in [0.29, 0.717) is 18.8 Å². The van der Waals surface area contributed by atoms with E-state index in [9.17, 15) is 0 Å². The van der Waals surface area contributed by atoms with E-state index in [1.807, 2.05) is 6.92 Å². The van der Waals surface area contributed by atoms with Gasteiger partial charge in [0.05, 0.1) is 18.8 Å². The number of guanidine groups is 1. The van der Waals surface area contributed by atoms with Gasteiger partial charge in [-0.15, -0.1) is 0 Å². The van der Waals surface area contributed by atoms with Gasteiger partial charge in [0.25, 0.3) is 0 Å². The van der Waals surface area contributed by atoms with Gasteiger partial charge in [0.15, 0.2) is 5.96 Å². The van der Waals surface area contributed by atoms with Crippen molar-refractivity contribution in [2.75, 3.05) is 53.0 Å². The van der Waals surface area contributed by atoms with Crippen LogP contribution in [0.1, 0.15) is 27.2 Å². The molecule has 1 saturated heterocycles. The Balaban J connectivity index is 2.09. The lowest BCUT2D eigenvalue weighted by Gasteiger charge is -2.35. The van der Waals surface area contributed by atoms with Crippen LogP contribution in [0.5, 0.6) is 0 Å². The summed E-state index contributed by atoms with van der Waals surface area (Å²) in [6.45, 7) is 12.6. The normalized spacial score (nSPS) is 24.1. The first-order chi connectivity index (χ1) is 10.2. The van der Waals surface area contributed by atoms with Gasteiger partial charge in [0.2, 0.25) is 0 Å². The van der Waals surface area contributed by atoms with Gasteiger partial charge in [0, 0.05) is 46.4 Å². The first kappa shape index (κ1) is 18.2. The van der Waals surface area contributed by atoms with Crippen molar-refractivity contribution in [3.8, 4) is 0 Å². The van der Waals surface area contributed by atoms with Crippen molar-refractivity contribution in [2.24, 2.45) is 4.99 Å². The van der Waals surface area contributed by atoms with Crippen LogP contribution in [0.15, 0.2) is 4.99 Å². The summed E-state index contributed by atoms with van der Waals surface area (Å²) < 4.78 is 11.0. The molecule has 0 aliphatic carbocycles. The molecule has 6 nitrogen and oxygen atoms in total. The monoisotopic (exact) mass is 300 g/mol. The predicted octanol–water partition coefficient (Wildman–Crippen LogP) is 0.687. The molecule has 1 fully saturated rings. The molecule has 1 aliphatic rings. The van der Waals surface area contributed by atoms with Crippen LogP contribution in [-0.4, -0.2) is 76.1 Å². The average molecular weight is 300 g/mol. The number of nitrogens with zero attached hydrogens (tertiary/aromatic N) is 2. The van der Waals surface area contributed by atoms with E-state index in [4.69, 9.17) is 9.47 Å². The van der Waals surface area contributed by atoms with Crippen LogP contribution in [-0.2, 0) is 9.47 Å². The van der Waals surface area contributed by atoms with Crippen molar-refractivity contribution in [3.63, 3.8) is 0 Å². The smallest absolute Gasteiger partial charge is 0.191 e. The quantitative estimate of drug-likeness (QED) is 0.392. The minimum Gasteiger partial charge on any atom is -0.380 e. The molecule has 1 rings (SSSR count). The third-order valence-electron chi connectivity index (χ3n) is 3.41. The summed E-state index contributed by atoms with van der Waals surface area (Å²) in [5.41, 5.74) is 0.